The molecule has 0 bridgehead atoms. The number of hydrogen-bond acceptors (Lipinski definition) is 5. The van der Waals surface area contributed by atoms with E-state index in [1.165, 1.54) is 28.7 Å². The van der Waals surface area contributed by atoms with Gasteiger partial charge in [-0.15, -0.1) is 17.7 Å². The molecule has 8 rings (SSSR count). The summed E-state index contributed by atoms with van der Waals surface area (Å²) >= 11 is -1.87. The molecule has 5 aromatic heterocycles. The van der Waals surface area contributed by atoms with Crippen LogP contribution in [0.3, 0.4) is 0 Å². The van der Waals surface area contributed by atoms with Crippen LogP contribution in [0.15, 0.2) is 83.5 Å². The molecule has 1 radical (unpaired) electrons. The molecule has 0 fully saturated rings. The van der Waals surface area contributed by atoms with Crippen molar-refractivity contribution < 1.29 is 24.5 Å². The summed E-state index contributed by atoms with van der Waals surface area (Å²) in [5.74, 6) is 8.86. The van der Waals surface area contributed by atoms with Crippen molar-refractivity contribution in [3.05, 3.63) is 130 Å². The summed E-state index contributed by atoms with van der Waals surface area (Å²) in [5.41, 5.74) is 15.5. The molecule has 0 spiro atoms. The molecule has 0 aliphatic rings. The predicted octanol–water partition coefficient (Wildman–Crippen LogP) is 12.7. The van der Waals surface area contributed by atoms with Crippen LogP contribution < -0.4 is 4.40 Å². The third-order valence-corrected chi connectivity index (χ3v) is 15.5. The van der Waals surface area contributed by atoms with Gasteiger partial charge in [0.15, 0.2) is 0 Å². The van der Waals surface area contributed by atoms with Crippen LogP contribution in [-0.2, 0) is 31.9 Å². The minimum atomic E-state index is -1.87. The van der Waals surface area contributed by atoms with Gasteiger partial charge in [0.25, 0.3) is 0 Å². The molecule has 1 unspecified atom stereocenters. The molecule has 0 N–H and O–H groups in total. The first-order valence-corrected chi connectivity index (χ1v) is 27.9. The zero-order valence-corrected chi connectivity index (χ0v) is 41.5. The maximum absolute atomic E-state index is 6.53. The molecule has 0 amide bonds. The Hall–Kier alpha value is -4.43. The van der Waals surface area contributed by atoms with E-state index in [4.69, 9.17) is 19.4 Å². The van der Waals surface area contributed by atoms with Crippen LogP contribution in [0.2, 0.25) is 17.3 Å². The molecule has 59 heavy (non-hydrogen) atoms. The zero-order chi connectivity index (χ0) is 41.7. The summed E-state index contributed by atoms with van der Waals surface area (Å²) in [6.45, 7) is 21.7. The van der Waals surface area contributed by atoms with Crippen LogP contribution in [0.4, 0.5) is 0 Å². The standard InChI is InChI=1S/C32H31N4O.C19H26GeN.Ir/c1-17-13-19(3)28(20(4)14-17)36-25-15-21(5)33-16-24(25)34-30(36)23-10-9-18(2)27-22-11-12-26(32(6,7)8)35-31(22)37-29(23)27;1-6-15(2)12-17-13-19(16-10-8-7-9-11-16)21-14-18(17)20(3,4)5;/h9,11-16H,1-8H3;7-10,13-15H,6,12H2,1-5H3;/q2*-1;. The normalized spacial score (nSPS) is 12.4. The molecule has 0 aliphatic heterocycles. The van der Waals surface area contributed by atoms with Crippen molar-refractivity contribution in [2.24, 2.45) is 5.92 Å². The van der Waals surface area contributed by atoms with Gasteiger partial charge < -0.3 is 8.98 Å². The van der Waals surface area contributed by atoms with Crippen molar-refractivity contribution >= 4 is 50.8 Å². The van der Waals surface area contributed by atoms with Gasteiger partial charge in [-0.25, -0.2) is 4.98 Å². The smallest absolute Gasteiger partial charge is 0.216 e. The third kappa shape index (κ3) is 9.04. The van der Waals surface area contributed by atoms with Crippen molar-refractivity contribution in [2.75, 3.05) is 0 Å². The fourth-order valence-corrected chi connectivity index (χ4v) is 11.3. The van der Waals surface area contributed by atoms with E-state index in [1.807, 2.05) is 31.3 Å². The van der Waals surface area contributed by atoms with Crippen molar-refractivity contribution in [3.8, 4) is 28.3 Å². The van der Waals surface area contributed by atoms with Crippen LogP contribution >= 0.6 is 0 Å². The number of fused-ring (bicyclic) bond motifs is 4. The SMILES string of the molecule is CCC(C)Cc1cc(-c2[c-]cccc2)nc[c]1[Ge]([CH3])([CH3])[CH3].Cc1cc(C)c(-n2c(-c3[c-]cc(C)c4c3oc3nc(C(C)(C)C)ccc34)nc3cnc(C)cc32)c(C)c1.[Ir]. The molecule has 5 heterocycles. The summed E-state index contributed by atoms with van der Waals surface area (Å²) in [5, 5.41) is 2.07. The second-order valence-corrected chi connectivity index (χ2v) is 28.8. The Kier molecular flexibility index (Phi) is 12.9. The Balaban J connectivity index is 0.000000227. The van der Waals surface area contributed by atoms with E-state index >= 15 is 0 Å². The number of furan rings is 1. The first-order chi connectivity index (χ1) is 27.4. The number of nitrogens with zero attached hydrogens (tertiary/aromatic N) is 5. The minimum absolute atomic E-state index is 0. The molecule has 8 aromatic rings. The molecule has 0 saturated heterocycles. The van der Waals surface area contributed by atoms with E-state index in [0.29, 0.717) is 5.71 Å². The molecular formula is C51H57GeIrN5O-2. The number of aryl methyl sites for hydroxylation is 5. The Labute approximate surface area is 367 Å². The summed E-state index contributed by atoms with van der Waals surface area (Å²) in [6.07, 6.45) is 6.39. The molecule has 0 aliphatic carbocycles. The van der Waals surface area contributed by atoms with E-state index in [1.54, 1.807) is 4.40 Å². The fraction of sp³-hybridized carbons (Fsp3) is 0.333. The van der Waals surface area contributed by atoms with Crippen LogP contribution in [0.1, 0.15) is 80.2 Å². The molecule has 6 nitrogen and oxygen atoms in total. The van der Waals surface area contributed by atoms with Crippen molar-refractivity contribution in [2.45, 2.75) is 105 Å². The molecule has 8 heteroatoms. The maximum Gasteiger partial charge on any atom is 0.216 e. The van der Waals surface area contributed by atoms with Gasteiger partial charge in [0.2, 0.25) is 5.71 Å². The van der Waals surface area contributed by atoms with E-state index in [2.05, 4.69) is 156 Å². The first-order valence-electron chi connectivity index (χ1n) is 20.6. The van der Waals surface area contributed by atoms with E-state index in [-0.39, 0.29) is 25.5 Å². The van der Waals surface area contributed by atoms with Crippen LogP contribution in [0.5, 0.6) is 0 Å². The molecular weight excluding hydrogens is 963 g/mol. The van der Waals surface area contributed by atoms with Gasteiger partial charge in [-0.1, -0.05) is 56.3 Å². The number of imidazole rings is 1. The molecule has 1 atom stereocenters. The molecule has 0 saturated carbocycles. The second kappa shape index (κ2) is 17.3. The Morgan fingerprint density at radius 2 is 1.58 bits per heavy atom. The summed E-state index contributed by atoms with van der Waals surface area (Å²) in [4.78, 5) is 19.3. The Morgan fingerprint density at radius 1 is 0.847 bits per heavy atom. The first kappa shape index (κ1) is 44.1. The number of rotatable bonds is 7. The Bertz CT molecular complexity index is 2770. The molecule has 307 valence electrons. The quantitative estimate of drug-likeness (QED) is 0.118. The molecule has 3 aromatic carbocycles. The van der Waals surface area contributed by atoms with E-state index in [0.717, 1.165) is 85.0 Å². The zero-order valence-electron chi connectivity index (χ0n) is 37.0. The average molecular weight is 1020 g/mol. The number of benzene rings is 3. The minimum Gasteiger partial charge on any atom is -0.486 e. The fourth-order valence-electron chi connectivity index (χ4n) is 8.01. The largest absolute Gasteiger partial charge is 0.486 e. The van der Waals surface area contributed by atoms with Gasteiger partial charge in [-0.2, -0.15) is 0 Å². The summed E-state index contributed by atoms with van der Waals surface area (Å²) in [6, 6.07) is 30.0. The maximum atomic E-state index is 6.53. The topological polar surface area (TPSA) is 69.6 Å². The van der Waals surface area contributed by atoms with Crippen molar-refractivity contribution in [1.29, 1.82) is 0 Å². The Morgan fingerprint density at radius 3 is 2.22 bits per heavy atom. The number of aromatic nitrogens is 5. The number of hydrogen-bond donors (Lipinski definition) is 0. The van der Waals surface area contributed by atoms with Crippen molar-refractivity contribution in [1.82, 2.24) is 24.5 Å². The van der Waals surface area contributed by atoms with Gasteiger partial charge in [0.05, 0.1) is 28.6 Å². The van der Waals surface area contributed by atoms with Crippen LogP contribution in [0, 0.1) is 52.7 Å². The van der Waals surface area contributed by atoms with Gasteiger partial charge in [0.1, 0.15) is 0 Å². The predicted molar refractivity (Wildman–Crippen MR) is 245 cm³/mol. The van der Waals surface area contributed by atoms with E-state index in [9.17, 15) is 0 Å². The van der Waals surface area contributed by atoms with E-state index < -0.39 is 13.3 Å². The third-order valence-electron chi connectivity index (χ3n) is 11.2. The van der Waals surface area contributed by atoms with Gasteiger partial charge >= 0.3 is 132 Å². The summed E-state index contributed by atoms with van der Waals surface area (Å²) < 4.78 is 10.3. The summed E-state index contributed by atoms with van der Waals surface area (Å²) in [7, 11) is 0. The van der Waals surface area contributed by atoms with Gasteiger partial charge in [-0.3, -0.25) is 9.97 Å². The van der Waals surface area contributed by atoms with Gasteiger partial charge in [0, 0.05) is 48.0 Å². The average Bonchev–Trinajstić information content (AvgIpc) is 3.73. The monoisotopic (exact) mass is 1020 g/mol. The van der Waals surface area contributed by atoms with Crippen LogP contribution in [-0.4, -0.2) is 37.8 Å². The van der Waals surface area contributed by atoms with Crippen LogP contribution in [0.25, 0.3) is 61.4 Å². The van der Waals surface area contributed by atoms with Gasteiger partial charge in [-0.05, 0) is 57.0 Å². The second-order valence-electron chi connectivity index (χ2n) is 18.3. The number of pyridine rings is 3. The van der Waals surface area contributed by atoms with Crippen molar-refractivity contribution in [3.63, 3.8) is 0 Å².